The zero-order valence-corrected chi connectivity index (χ0v) is 10.7. The summed E-state index contributed by atoms with van der Waals surface area (Å²) < 4.78 is 0. The van der Waals surface area contributed by atoms with E-state index in [1.54, 1.807) is 6.20 Å². The lowest BCUT2D eigenvalue weighted by atomic mass is 10.0. The third-order valence-corrected chi connectivity index (χ3v) is 3.07. The fourth-order valence-electron chi connectivity index (χ4n) is 1.77. The van der Waals surface area contributed by atoms with Crippen molar-refractivity contribution in [1.82, 2.24) is 4.98 Å². The molecule has 0 amide bonds. The van der Waals surface area contributed by atoms with E-state index in [2.05, 4.69) is 16.8 Å². The van der Waals surface area contributed by atoms with Crippen LogP contribution in [0.5, 0.6) is 0 Å². The van der Waals surface area contributed by atoms with Gasteiger partial charge in [-0.3, -0.25) is 0 Å². The average Bonchev–Trinajstić information content (AvgIpc) is 2.47. The normalized spacial score (nSPS) is 12.2. The Morgan fingerprint density at radius 1 is 1.11 bits per heavy atom. The second-order valence-corrected chi connectivity index (χ2v) is 4.28. The van der Waals surface area contributed by atoms with Crippen molar-refractivity contribution in [2.75, 3.05) is 18.5 Å². The summed E-state index contributed by atoms with van der Waals surface area (Å²) in [4.78, 5) is 6.42. The Hall–Kier alpha value is -1.87. The van der Waals surface area contributed by atoms with Gasteiger partial charge in [-0.1, -0.05) is 36.4 Å². The van der Waals surface area contributed by atoms with E-state index in [9.17, 15) is 5.11 Å². The number of aliphatic hydroxyl groups excluding tert-OH is 1. The summed E-state index contributed by atoms with van der Waals surface area (Å²) in [7, 11) is 2.00. The van der Waals surface area contributed by atoms with Crippen molar-refractivity contribution < 1.29 is 5.11 Å². The second kappa shape index (κ2) is 5.65. The molecule has 3 nitrogen and oxygen atoms in total. The molecule has 18 heavy (non-hydrogen) atoms. The standard InChI is InChI=1S/C15H18N2O/c1-3-17(2)14-10-9-13(11-16-14)15(18)12-7-5-4-6-8-12/h4-11,15,18H,3H2,1-2H3/t15-/m1/s1. The molecule has 1 aromatic carbocycles. The molecule has 0 aliphatic rings. The van der Waals surface area contributed by atoms with E-state index in [-0.39, 0.29) is 0 Å². The first-order valence-electron chi connectivity index (χ1n) is 6.12. The molecule has 0 saturated heterocycles. The summed E-state index contributed by atoms with van der Waals surface area (Å²) in [5.74, 6) is 0.918. The third kappa shape index (κ3) is 2.68. The van der Waals surface area contributed by atoms with Crippen LogP contribution in [0.1, 0.15) is 24.2 Å². The first-order valence-corrected chi connectivity index (χ1v) is 6.12. The number of hydrogen-bond donors (Lipinski definition) is 1. The molecule has 94 valence electrons. The van der Waals surface area contributed by atoms with E-state index < -0.39 is 6.10 Å². The topological polar surface area (TPSA) is 36.4 Å². The lowest BCUT2D eigenvalue weighted by Gasteiger charge is -2.17. The Balaban J connectivity index is 2.19. The van der Waals surface area contributed by atoms with Crippen LogP contribution in [0.2, 0.25) is 0 Å². The summed E-state index contributed by atoms with van der Waals surface area (Å²) in [6.07, 6.45) is 1.12. The zero-order valence-electron chi connectivity index (χ0n) is 10.7. The number of nitrogens with zero attached hydrogens (tertiary/aromatic N) is 2. The predicted octanol–water partition coefficient (Wildman–Crippen LogP) is 2.62. The molecule has 2 aromatic rings. The highest BCUT2D eigenvalue weighted by molar-refractivity contribution is 5.40. The van der Waals surface area contributed by atoms with Crippen molar-refractivity contribution in [3.8, 4) is 0 Å². The van der Waals surface area contributed by atoms with E-state index >= 15 is 0 Å². The van der Waals surface area contributed by atoms with Gasteiger partial charge in [0.15, 0.2) is 0 Å². The largest absolute Gasteiger partial charge is 0.384 e. The molecule has 0 fully saturated rings. The van der Waals surface area contributed by atoms with Gasteiger partial charge in [0.1, 0.15) is 11.9 Å². The van der Waals surface area contributed by atoms with Crippen molar-refractivity contribution in [3.05, 3.63) is 59.8 Å². The van der Waals surface area contributed by atoms with Crippen LogP contribution >= 0.6 is 0 Å². The molecular weight excluding hydrogens is 224 g/mol. The van der Waals surface area contributed by atoms with Crippen LogP contribution < -0.4 is 4.90 Å². The Labute approximate surface area is 108 Å². The van der Waals surface area contributed by atoms with E-state index in [1.807, 2.05) is 49.5 Å². The molecule has 2 rings (SSSR count). The van der Waals surface area contributed by atoms with Crippen LogP contribution in [0.15, 0.2) is 48.7 Å². The van der Waals surface area contributed by atoms with Crippen molar-refractivity contribution >= 4 is 5.82 Å². The SMILES string of the molecule is CCN(C)c1ccc([C@H](O)c2ccccc2)cn1. The van der Waals surface area contributed by atoms with E-state index in [0.717, 1.165) is 23.5 Å². The average molecular weight is 242 g/mol. The van der Waals surface area contributed by atoms with E-state index in [0.29, 0.717) is 0 Å². The van der Waals surface area contributed by atoms with Crippen LogP contribution in [0.3, 0.4) is 0 Å². The lowest BCUT2D eigenvalue weighted by Crippen LogP contribution is -2.17. The van der Waals surface area contributed by atoms with Crippen LogP contribution in [-0.2, 0) is 0 Å². The van der Waals surface area contributed by atoms with Crippen molar-refractivity contribution in [1.29, 1.82) is 0 Å². The summed E-state index contributed by atoms with van der Waals surface area (Å²) in [6.45, 7) is 2.99. The molecule has 3 heteroatoms. The van der Waals surface area contributed by atoms with Crippen molar-refractivity contribution in [3.63, 3.8) is 0 Å². The number of hydrogen-bond acceptors (Lipinski definition) is 3. The quantitative estimate of drug-likeness (QED) is 0.895. The zero-order chi connectivity index (χ0) is 13.0. The smallest absolute Gasteiger partial charge is 0.128 e. The Morgan fingerprint density at radius 2 is 1.83 bits per heavy atom. The van der Waals surface area contributed by atoms with Gasteiger partial charge in [0.25, 0.3) is 0 Å². The number of aromatic nitrogens is 1. The lowest BCUT2D eigenvalue weighted by molar-refractivity contribution is 0.220. The van der Waals surface area contributed by atoms with Crippen LogP contribution in [0.4, 0.5) is 5.82 Å². The molecule has 0 aliphatic carbocycles. The molecule has 0 radical (unpaired) electrons. The van der Waals surface area contributed by atoms with Gasteiger partial charge in [-0.05, 0) is 18.6 Å². The highest BCUT2D eigenvalue weighted by Gasteiger charge is 2.10. The van der Waals surface area contributed by atoms with E-state index in [1.165, 1.54) is 0 Å². The molecule has 1 heterocycles. The molecule has 0 spiro atoms. The maximum absolute atomic E-state index is 10.2. The van der Waals surface area contributed by atoms with Gasteiger partial charge in [0.05, 0.1) is 0 Å². The van der Waals surface area contributed by atoms with Crippen LogP contribution in [-0.4, -0.2) is 23.7 Å². The fourth-order valence-corrected chi connectivity index (χ4v) is 1.77. The molecule has 0 unspecified atom stereocenters. The summed E-state index contributed by atoms with van der Waals surface area (Å²) in [5.41, 5.74) is 1.70. The van der Waals surface area contributed by atoms with Gasteiger partial charge in [-0.2, -0.15) is 0 Å². The molecule has 0 bridgehead atoms. The van der Waals surface area contributed by atoms with Gasteiger partial charge in [0, 0.05) is 25.4 Å². The molecule has 0 saturated carbocycles. The first kappa shape index (κ1) is 12.6. The summed E-state index contributed by atoms with van der Waals surface area (Å²) in [5, 5.41) is 10.2. The van der Waals surface area contributed by atoms with Gasteiger partial charge < -0.3 is 10.0 Å². The molecule has 0 aliphatic heterocycles. The minimum Gasteiger partial charge on any atom is -0.384 e. The number of benzene rings is 1. The molecule has 1 N–H and O–H groups in total. The number of rotatable bonds is 4. The fraction of sp³-hybridized carbons (Fsp3) is 0.267. The van der Waals surface area contributed by atoms with Gasteiger partial charge in [-0.25, -0.2) is 4.98 Å². The Kier molecular flexibility index (Phi) is 3.95. The minimum atomic E-state index is -0.611. The summed E-state index contributed by atoms with van der Waals surface area (Å²) >= 11 is 0. The van der Waals surface area contributed by atoms with E-state index in [4.69, 9.17) is 0 Å². The maximum atomic E-state index is 10.2. The molecule has 1 atom stereocenters. The third-order valence-electron chi connectivity index (χ3n) is 3.07. The minimum absolute atomic E-state index is 0.611. The Morgan fingerprint density at radius 3 is 2.39 bits per heavy atom. The van der Waals surface area contributed by atoms with Gasteiger partial charge in [-0.15, -0.1) is 0 Å². The van der Waals surface area contributed by atoms with Crippen LogP contribution in [0.25, 0.3) is 0 Å². The maximum Gasteiger partial charge on any atom is 0.128 e. The predicted molar refractivity (Wildman–Crippen MR) is 73.7 cm³/mol. The first-order chi connectivity index (χ1) is 8.72. The summed E-state index contributed by atoms with van der Waals surface area (Å²) in [6, 6.07) is 13.5. The highest BCUT2D eigenvalue weighted by Crippen LogP contribution is 2.22. The Bertz CT molecular complexity index is 482. The van der Waals surface area contributed by atoms with Gasteiger partial charge >= 0.3 is 0 Å². The number of aliphatic hydroxyl groups is 1. The second-order valence-electron chi connectivity index (χ2n) is 4.28. The number of pyridine rings is 1. The highest BCUT2D eigenvalue weighted by atomic mass is 16.3. The number of anilines is 1. The van der Waals surface area contributed by atoms with Crippen LogP contribution in [0, 0.1) is 0 Å². The monoisotopic (exact) mass is 242 g/mol. The molecule has 1 aromatic heterocycles. The van der Waals surface area contributed by atoms with Gasteiger partial charge in [0.2, 0.25) is 0 Å². The molecular formula is C15H18N2O. The van der Waals surface area contributed by atoms with Crippen molar-refractivity contribution in [2.24, 2.45) is 0 Å². The van der Waals surface area contributed by atoms with Crippen molar-refractivity contribution in [2.45, 2.75) is 13.0 Å².